The molecule has 0 spiro atoms. The Morgan fingerprint density at radius 1 is 1.44 bits per heavy atom. The molecule has 1 aromatic rings. The van der Waals surface area contributed by atoms with E-state index in [1.54, 1.807) is 6.07 Å². The van der Waals surface area contributed by atoms with Crippen molar-refractivity contribution in [2.75, 3.05) is 13.1 Å². The third-order valence-corrected chi connectivity index (χ3v) is 4.30. The van der Waals surface area contributed by atoms with Crippen LogP contribution in [-0.4, -0.2) is 34.1 Å². The topological polar surface area (TPSA) is 36.4 Å². The fraction of sp³-hybridized carbons (Fsp3) is 0.643. The van der Waals surface area contributed by atoms with E-state index in [0.29, 0.717) is 12.1 Å². The maximum Gasteiger partial charge on any atom is 0.141 e. The van der Waals surface area contributed by atoms with Gasteiger partial charge in [0.1, 0.15) is 5.82 Å². The zero-order valence-electron chi connectivity index (χ0n) is 10.4. The molecule has 0 radical (unpaired) electrons. The van der Waals surface area contributed by atoms with Crippen LogP contribution in [0.25, 0.3) is 0 Å². The van der Waals surface area contributed by atoms with Crippen LogP contribution in [0.4, 0.5) is 4.39 Å². The first-order valence-corrected chi connectivity index (χ1v) is 6.76. The predicted octanol–water partition coefficient (Wildman–Crippen LogP) is 2.13. The van der Waals surface area contributed by atoms with Gasteiger partial charge in [0.15, 0.2) is 0 Å². The Bertz CT molecular complexity index is 409. The van der Waals surface area contributed by atoms with E-state index in [1.165, 1.54) is 31.9 Å². The number of likely N-dealkylation sites (tertiary alicyclic amines) is 1. The van der Waals surface area contributed by atoms with Crippen molar-refractivity contribution >= 4 is 0 Å². The summed E-state index contributed by atoms with van der Waals surface area (Å²) in [6, 6.07) is 3.66. The van der Waals surface area contributed by atoms with Crippen LogP contribution in [0.1, 0.15) is 37.5 Å². The number of hydrogen-bond donors (Lipinski definition) is 1. The number of nitrogens with zero attached hydrogens (tertiary/aromatic N) is 2. The second-order valence-corrected chi connectivity index (χ2v) is 5.53. The van der Waals surface area contributed by atoms with Crippen molar-refractivity contribution in [1.82, 2.24) is 9.88 Å². The highest BCUT2D eigenvalue weighted by Gasteiger charge is 2.37. The predicted molar refractivity (Wildman–Crippen MR) is 66.5 cm³/mol. The molecule has 3 unspecified atom stereocenters. The Balaban J connectivity index is 1.52. The highest BCUT2D eigenvalue weighted by Crippen LogP contribution is 2.37. The van der Waals surface area contributed by atoms with Gasteiger partial charge in [-0.05, 0) is 43.7 Å². The normalized spacial score (nSPS) is 28.8. The molecule has 3 rings (SSSR count). The van der Waals surface area contributed by atoms with Gasteiger partial charge in [0.2, 0.25) is 0 Å². The van der Waals surface area contributed by atoms with E-state index < -0.39 is 6.10 Å². The van der Waals surface area contributed by atoms with Gasteiger partial charge < -0.3 is 5.11 Å². The van der Waals surface area contributed by atoms with Gasteiger partial charge in [-0.25, -0.2) is 4.39 Å². The number of hydrogen-bond acceptors (Lipinski definition) is 3. The lowest BCUT2D eigenvalue weighted by atomic mass is 10.1. The molecule has 2 fully saturated rings. The Labute approximate surface area is 107 Å². The fourth-order valence-corrected chi connectivity index (χ4v) is 3.32. The van der Waals surface area contributed by atoms with Crippen LogP contribution < -0.4 is 0 Å². The van der Waals surface area contributed by atoms with Crippen LogP contribution in [0.3, 0.4) is 0 Å². The Hall–Kier alpha value is -1.00. The van der Waals surface area contributed by atoms with Gasteiger partial charge in [-0.1, -0.05) is 0 Å². The third-order valence-electron chi connectivity index (χ3n) is 4.30. The highest BCUT2D eigenvalue weighted by atomic mass is 19.1. The van der Waals surface area contributed by atoms with Crippen LogP contribution in [-0.2, 0) is 0 Å². The van der Waals surface area contributed by atoms with Crippen molar-refractivity contribution in [2.24, 2.45) is 5.92 Å². The molecule has 1 N–H and O–H groups in total. The molecular formula is C14H19FN2O. The number of aliphatic hydroxyl groups excluding tert-OH is 1. The van der Waals surface area contributed by atoms with Gasteiger partial charge in [0, 0.05) is 19.1 Å². The molecule has 1 saturated heterocycles. The number of pyridine rings is 1. The summed E-state index contributed by atoms with van der Waals surface area (Å²) in [7, 11) is 0. The number of aromatic nitrogens is 1. The second-order valence-electron chi connectivity index (χ2n) is 5.53. The molecule has 0 amide bonds. The Kier molecular flexibility index (Phi) is 3.31. The molecule has 1 aliphatic heterocycles. The van der Waals surface area contributed by atoms with Crippen molar-refractivity contribution in [2.45, 2.75) is 37.8 Å². The number of fused-ring (bicyclic) bond motifs is 2. The number of rotatable bonds is 4. The molecule has 0 aromatic carbocycles. The maximum absolute atomic E-state index is 12.7. The molecule has 98 valence electrons. The zero-order chi connectivity index (χ0) is 12.5. The lowest BCUT2D eigenvalue weighted by Gasteiger charge is -2.27. The quantitative estimate of drug-likeness (QED) is 0.889. The Morgan fingerprint density at radius 3 is 2.94 bits per heavy atom. The highest BCUT2D eigenvalue weighted by molar-refractivity contribution is 5.08. The smallest absolute Gasteiger partial charge is 0.141 e. The van der Waals surface area contributed by atoms with Gasteiger partial charge in [0.25, 0.3) is 0 Å². The molecule has 2 bridgehead atoms. The summed E-state index contributed by atoms with van der Waals surface area (Å²) in [6.45, 7) is 2.11. The van der Waals surface area contributed by atoms with Gasteiger partial charge in [-0.15, -0.1) is 0 Å². The average molecular weight is 250 g/mol. The van der Waals surface area contributed by atoms with E-state index in [4.69, 9.17) is 0 Å². The third kappa shape index (κ3) is 2.40. The summed E-state index contributed by atoms with van der Waals surface area (Å²) in [5, 5.41) is 10.0. The van der Waals surface area contributed by atoms with E-state index in [-0.39, 0.29) is 5.82 Å². The van der Waals surface area contributed by atoms with E-state index >= 15 is 0 Å². The fourth-order valence-electron chi connectivity index (χ4n) is 3.32. The lowest BCUT2D eigenvalue weighted by Crippen LogP contribution is -2.33. The molecule has 1 aliphatic carbocycles. The first kappa shape index (κ1) is 12.1. The zero-order valence-corrected chi connectivity index (χ0v) is 10.4. The minimum atomic E-state index is -0.579. The lowest BCUT2D eigenvalue weighted by molar-refractivity contribution is 0.126. The van der Waals surface area contributed by atoms with Crippen molar-refractivity contribution in [3.63, 3.8) is 0 Å². The van der Waals surface area contributed by atoms with Gasteiger partial charge >= 0.3 is 0 Å². The molecular weight excluding hydrogens is 231 g/mol. The van der Waals surface area contributed by atoms with Crippen molar-refractivity contribution in [3.05, 3.63) is 29.8 Å². The molecule has 3 atom stereocenters. The standard InChI is InChI=1S/C14H19FN2O/c15-11-2-4-13(16-8-11)14(18)5-6-17-9-10-1-3-12(17)7-10/h2,4,8,10,12,14,18H,1,3,5-7,9H2. The molecule has 3 nitrogen and oxygen atoms in total. The molecule has 1 aromatic heterocycles. The van der Waals surface area contributed by atoms with Crippen molar-refractivity contribution in [1.29, 1.82) is 0 Å². The van der Waals surface area contributed by atoms with E-state index in [1.807, 2.05) is 0 Å². The second kappa shape index (κ2) is 4.94. The van der Waals surface area contributed by atoms with E-state index in [0.717, 1.165) is 24.7 Å². The summed E-state index contributed by atoms with van der Waals surface area (Å²) in [4.78, 5) is 6.41. The van der Waals surface area contributed by atoms with Gasteiger partial charge in [-0.3, -0.25) is 9.88 Å². The minimum absolute atomic E-state index is 0.359. The summed E-state index contributed by atoms with van der Waals surface area (Å²) < 4.78 is 12.7. The summed E-state index contributed by atoms with van der Waals surface area (Å²) in [5.74, 6) is 0.527. The minimum Gasteiger partial charge on any atom is -0.387 e. The molecule has 2 aliphatic rings. The van der Waals surface area contributed by atoms with Crippen molar-refractivity contribution in [3.8, 4) is 0 Å². The van der Waals surface area contributed by atoms with Crippen LogP contribution in [0.2, 0.25) is 0 Å². The van der Waals surface area contributed by atoms with Gasteiger partial charge in [-0.2, -0.15) is 0 Å². The number of aliphatic hydroxyl groups is 1. The Morgan fingerprint density at radius 2 is 2.33 bits per heavy atom. The summed E-state index contributed by atoms with van der Waals surface area (Å²) in [6.07, 6.45) is 5.30. The number of halogens is 1. The van der Waals surface area contributed by atoms with Crippen LogP contribution in [0.5, 0.6) is 0 Å². The largest absolute Gasteiger partial charge is 0.387 e. The van der Waals surface area contributed by atoms with E-state index in [2.05, 4.69) is 9.88 Å². The molecule has 2 heterocycles. The molecule has 4 heteroatoms. The first-order chi connectivity index (χ1) is 8.72. The maximum atomic E-state index is 12.7. The summed E-state index contributed by atoms with van der Waals surface area (Å²) >= 11 is 0. The molecule has 18 heavy (non-hydrogen) atoms. The van der Waals surface area contributed by atoms with Crippen LogP contribution >= 0.6 is 0 Å². The van der Waals surface area contributed by atoms with Crippen LogP contribution in [0.15, 0.2) is 18.3 Å². The van der Waals surface area contributed by atoms with Gasteiger partial charge in [0.05, 0.1) is 18.0 Å². The van der Waals surface area contributed by atoms with Crippen LogP contribution in [0, 0.1) is 11.7 Å². The van der Waals surface area contributed by atoms with E-state index in [9.17, 15) is 9.50 Å². The SMILES string of the molecule is OC(CCN1CC2CCC1C2)c1ccc(F)cn1. The molecule has 1 saturated carbocycles. The first-order valence-electron chi connectivity index (χ1n) is 6.76. The average Bonchev–Trinajstić information content (AvgIpc) is 2.99. The van der Waals surface area contributed by atoms with Crippen molar-refractivity contribution < 1.29 is 9.50 Å². The number of piperidine rings is 1. The monoisotopic (exact) mass is 250 g/mol. The summed E-state index contributed by atoms with van der Waals surface area (Å²) in [5.41, 5.74) is 0.570.